The van der Waals surface area contributed by atoms with Gasteiger partial charge >= 0.3 is 5.97 Å². The van der Waals surface area contributed by atoms with Crippen LogP contribution in [-0.2, 0) is 9.53 Å². The highest BCUT2D eigenvalue weighted by Gasteiger charge is 2.19. The summed E-state index contributed by atoms with van der Waals surface area (Å²) < 4.78 is 5.72. The lowest BCUT2D eigenvalue weighted by atomic mass is 10.2. The van der Waals surface area contributed by atoms with Crippen LogP contribution in [0.1, 0.15) is 17.3 Å². The fraction of sp³-hybridized carbons (Fsp3) is 0.286. The van der Waals surface area contributed by atoms with Crippen molar-refractivity contribution in [1.82, 2.24) is 4.90 Å². The summed E-state index contributed by atoms with van der Waals surface area (Å²) in [5, 5.41) is 0. The van der Waals surface area contributed by atoms with E-state index in [1.807, 2.05) is 12.1 Å². The third kappa shape index (κ3) is 4.66. The van der Waals surface area contributed by atoms with Gasteiger partial charge in [0.2, 0.25) is 0 Å². The molecule has 0 unspecified atom stereocenters. The first-order valence-electron chi connectivity index (χ1n) is 5.90. The average molecular weight is 373 g/mol. The molecule has 0 fully saturated rings. The number of halogens is 1. The molecule has 19 heavy (non-hydrogen) atoms. The molecule has 1 rings (SSSR count). The van der Waals surface area contributed by atoms with Crippen LogP contribution in [-0.4, -0.2) is 36.5 Å². The molecule has 0 aliphatic carbocycles. The molecule has 0 N–H and O–H groups in total. The molecule has 0 saturated carbocycles. The van der Waals surface area contributed by atoms with E-state index in [4.69, 9.17) is 4.74 Å². The fourth-order valence-corrected chi connectivity index (χ4v) is 2.16. The summed E-state index contributed by atoms with van der Waals surface area (Å²) in [5.41, 5.74) is 0.578. The molecule has 5 heteroatoms. The maximum atomic E-state index is 12.4. The number of amides is 1. The maximum Gasteiger partial charge on any atom is 0.325 e. The Balaban J connectivity index is 2.87. The summed E-state index contributed by atoms with van der Waals surface area (Å²) in [4.78, 5) is 25.3. The minimum atomic E-state index is -0.413. The number of esters is 1. The van der Waals surface area contributed by atoms with Crippen LogP contribution in [0.2, 0.25) is 0 Å². The van der Waals surface area contributed by atoms with E-state index in [1.165, 1.54) is 4.90 Å². The third-order valence-electron chi connectivity index (χ3n) is 2.37. The lowest BCUT2D eigenvalue weighted by molar-refractivity contribution is -0.143. The molecule has 0 bridgehead atoms. The Bertz CT molecular complexity index is 474. The summed E-state index contributed by atoms with van der Waals surface area (Å²) >= 11 is 2.10. The minimum Gasteiger partial charge on any atom is -0.465 e. The fourth-order valence-electron chi connectivity index (χ4n) is 1.54. The van der Waals surface area contributed by atoms with Gasteiger partial charge in [-0.1, -0.05) is 18.2 Å². The van der Waals surface area contributed by atoms with Crippen molar-refractivity contribution in [3.05, 3.63) is 46.1 Å². The zero-order valence-electron chi connectivity index (χ0n) is 10.8. The number of carbonyl (C=O) groups is 2. The Hall–Kier alpha value is -1.37. The van der Waals surface area contributed by atoms with E-state index in [0.29, 0.717) is 18.7 Å². The highest BCUT2D eigenvalue weighted by atomic mass is 127. The second-order valence-electron chi connectivity index (χ2n) is 3.76. The van der Waals surface area contributed by atoms with Gasteiger partial charge in [-0.05, 0) is 41.6 Å². The van der Waals surface area contributed by atoms with Gasteiger partial charge < -0.3 is 9.64 Å². The first-order chi connectivity index (χ1) is 9.10. The van der Waals surface area contributed by atoms with Gasteiger partial charge in [-0.25, -0.2) is 0 Å². The van der Waals surface area contributed by atoms with Gasteiger partial charge in [0.25, 0.3) is 5.91 Å². The second-order valence-corrected chi connectivity index (χ2v) is 4.92. The molecule has 4 nitrogen and oxygen atoms in total. The van der Waals surface area contributed by atoms with Gasteiger partial charge in [0.1, 0.15) is 6.54 Å². The van der Waals surface area contributed by atoms with Crippen molar-refractivity contribution in [2.75, 3.05) is 19.7 Å². The largest absolute Gasteiger partial charge is 0.465 e. The van der Waals surface area contributed by atoms with E-state index in [1.54, 1.807) is 25.1 Å². The van der Waals surface area contributed by atoms with Crippen molar-refractivity contribution in [3.8, 4) is 0 Å². The number of hydrogen-bond donors (Lipinski definition) is 0. The molecule has 0 saturated heterocycles. The minimum absolute atomic E-state index is 0.0658. The Kier molecular flexibility index (Phi) is 6.55. The van der Waals surface area contributed by atoms with Gasteiger partial charge in [-0.15, -0.1) is 6.58 Å². The van der Waals surface area contributed by atoms with Crippen LogP contribution in [0.5, 0.6) is 0 Å². The molecule has 0 heterocycles. The van der Waals surface area contributed by atoms with E-state index in [0.717, 1.165) is 3.57 Å². The van der Waals surface area contributed by atoms with Crippen molar-refractivity contribution in [1.29, 1.82) is 0 Å². The number of hydrogen-bond acceptors (Lipinski definition) is 3. The second kappa shape index (κ2) is 7.93. The molecule has 0 aromatic heterocycles. The number of ether oxygens (including phenoxy) is 1. The van der Waals surface area contributed by atoms with E-state index >= 15 is 0 Å². The number of rotatable bonds is 6. The zero-order valence-corrected chi connectivity index (χ0v) is 12.9. The predicted octanol–water partition coefficient (Wildman–Crippen LogP) is 2.48. The molecule has 102 valence electrons. The van der Waals surface area contributed by atoms with Gasteiger partial charge in [0, 0.05) is 10.1 Å². The van der Waals surface area contributed by atoms with Crippen LogP contribution in [0.4, 0.5) is 0 Å². The summed E-state index contributed by atoms with van der Waals surface area (Å²) in [6, 6.07) is 7.25. The molecular weight excluding hydrogens is 357 g/mol. The number of carbonyl (C=O) groups excluding carboxylic acids is 2. The monoisotopic (exact) mass is 373 g/mol. The maximum absolute atomic E-state index is 12.4. The number of benzene rings is 1. The van der Waals surface area contributed by atoms with E-state index in [-0.39, 0.29) is 12.5 Å². The first kappa shape index (κ1) is 15.7. The molecule has 0 atom stereocenters. The van der Waals surface area contributed by atoms with Crippen LogP contribution in [0, 0.1) is 3.57 Å². The third-order valence-corrected chi connectivity index (χ3v) is 3.31. The molecule has 0 radical (unpaired) electrons. The predicted molar refractivity (Wildman–Crippen MR) is 81.9 cm³/mol. The summed E-state index contributed by atoms with van der Waals surface area (Å²) in [7, 11) is 0. The van der Waals surface area contributed by atoms with Crippen LogP contribution in [0.15, 0.2) is 36.9 Å². The number of nitrogens with zero attached hydrogens (tertiary/aromatic N) is 1. The van der Waals surface area contributed by atoms with Crippen LogP contribution >= 0.6 is 22.6 Å². The Morgan fingerprint density at radius 3 is 2.68 bits per heavy atom. The van der Waals surface area contributed by atoms with Crippen molar-refractivity contribution in [3.63, 3.8) is 0 Å². The highest BCUT2D eigenvalue weighted by molar-refractivity contribution is 14.1. The van der Waals surface area contributed by atoms with E-state index < -0.39 is 5.97 Å². The summed E-state index contributed by atoms with van der Waals surface area (Å²) in [5.74, 6) is -0.610. The molecule has 0 spiro atoms. The van der Waals surface area contributed by atoms with Crippen LogP contribution in [0.3, 0.4) is 0 Å². The smallest absolute Gasteiger partial charge is 0.325 e. The van der Waals surface area contributed by atoms with Crippen LogP contribution < -0.4 is 0 Å². The molecule has 0 aliphatic rings. The quantitative estimate of drug-likeness (QED) is 0.437. The van der Waals surface area contributed by atoms with Crippen LogP contribution in [0.25, 0.3) is 0 Å². The van der Waals surface area contributed by atoms with Crippen molar-refractivity contribution in [2.24, 2.45) is 0 Å². The van der Waals surface area contributed by atoms with Gasteiger partial charge in [-0.3, -0.25) is 9.59 Å². The Labute approximate surface area is 126 Å². The lowest BCUT2D eigenvalue weighted by Gasteiger charge is -2.20. The summed E-state index contributed by atoms with van der Waals surface area (Å²) in [6.07, 6.45) is 1.59. The molecule has 0 aliphatic heterocycles. The topological polar surface area (TPSA) is 46.6 Å². The van der Waals surface area contributed by atoms with Gasteiger partial charge in [-0.2, -0.15) is 0 Å². The van der Waals surface area contributed by atoms with Crippen molar-refractivity contribution in [2.45, 2.75) is 6.92 Å². The zero-order chi connectivity index (χ0) is 14.3. The normalized spacial score (nSPS) is 9.79. The lowest BCUT2D eigenvalue weighted by Crippen LogP contribution is -2.37. The Morgan fingerprint density at radius 1 is 1.42 bits per heavy atom. The standard InChI is InChI=1S/C14H16INO3/c1-3-9-16(10-13(17)19-4-2)14(18)11-7-5-6-8-12(11)15/h3,5-8H,1,4,9-10H2,2H3. The van der Waals surface area contributed by atoms with Crippen molar-refractivity contribution < 1.29 is 14.3 Å². The molecular formula is C14H16INO3. The first-order valence-corrected chi connectivity index (χ1v) is 6.98. The SMILES string of the molecule is C=CCN(CC(=O)OCC)C(=O)c1ccccc1I. The highest BCUT2D eigenvalue weighted by Crippen LogP contribution is 2.14. The van der Waals surface area contributed by atoms with E-state index in [2.05, 4.69) is 29.2 Å². The average Bonchev–Trinajstić information content (AvgIpc) is 2.38. The Morgan fingerprint density at radius 2 is 2.11 bits per heavy atom. The van der Waals surface area contributed by atoms with Gasteiger partial charge in [0.15, 0.2) is 0 Å². The summed E-state index contributed by atoms with van der Waals surface area (Å²) in [6.45, 7) is 5.88. The van der Waals surface area contributed by atoms with Crippen molar-refractivity contribution >= 4 is 34.5 Å². The molecule has 1 aromatic carbocycles. The van der Waals surface area contributed by atoms with E-state index in [9.17, 15) is 9.59 Å². The molecule has 1 amide bonds. The molecule has 1 aromatic rings. The van der Waals surface area contributed by atoms with Gasteiger partial charge in [0.05, 0.1) is 12.2 Å².